The molecular weight excluding hydrogens is 264 g/mol. The molecule has 3 nitrogen and oxygen atoms in total. The van der Waals surface area contributed by atoms with Gasteiger partial charge in [-0.15, -0.1) is 0 Å². The minimum atomic E-state index is -0.199. The van der Waals surface area contributed by atoms with Crippen molar-refractivity contribution in [1.82, 2.24) is 0 Å². The molecule has 1 aromatic carbocycles. The first-order valence-corrected chi connectivity index (χ1v) is 7.84. The van der Waals surface area contributed by atoms with E-state index in [-0.39, 0.29) is 12.1 Å². The summed E-state index contributed by atoms with van der Waals surface area (Å²) in [5, 5.41) is 0. The second kappa shape index (κ2) is 6.44. The number of esters is 1. The third kappa shape index (κ3) is 3.03. The summed E-state index contributed by atoms with van der Waals surface area (Å²) in [5.41, 5.74) is 3.09. The normalized spacial score (nSPS) is 24.8. The van der Waals surface area contributed by atoms with Gasteiger partial charge in [0.1, 0.15) is 6.61 Å². The van der Waals surface area contributed by atoms with Crippen LogP contribution in [0.1, 0.15) is 38.2 Å². The van der Waals surface area contributed by atoms with Crippen molar-refractivity contribution >= 4 is 5.97 Å². The highest BCUT2D eigenvalue weighted by Gasteiger charge is 2.37. The number of fused-ring (bicyclic) bond motifs is 1. The van der Waals surface area contributed by atoms with Crippen LogP contribution in [0.25, 0.3) is 0 Å². The maximum Gasteiger partial charge on any atom is 0.336 e. The highest BCUT2D eigenvalue weighted by molar-refractivity contribution is 5.90. The van der Waals surface area contributed by atoms with E-state index in [0.717, 1.165) is 36.8 Å². The lowest BCUT2D eigenvalue weighted by Gasteiger charge is -2.30. The number of benzene rings is 1. The number of carbonyl (C=O) groups is 1. The highest BCUT2D eigenvalue weighted by atomic mass is 16.5. The second-order valence-electron chi connectivity index (χ2n) is 5.82. The average molecular weight is 286 g/mol. The van der Waals surface area contributed by atoms with Gasteiger partial charge in [-0.05, 0) is 31.2 Å². The third-order valence-corrected chi connectivity index (χ3v) is 4.55. The van der Waals surface area contributed by atoms with E-state index in [0.29, 0.717) is 19.1 Å². The molecule has 1 aromatic rings. The monoisotopic (exact) mass is 286 g/mol. The number of hydrogen-bond acceptors (Lipinski definition) is 3. The fourth-order valence-corrected chi connectivity index (χ4v) is 3.46. The summed E-state index contributed by atoms with van der Waals surface area (Å²) in [6, 6.07) is 9.79. The molecule has 2 aliphatic rings. The summed E-state index contributed by atoms with van der Waals surface area (Å²) in [4.78, 5) is 12.3. The molecule has 112 valence electrons. The summed E-state index contributed by atoms with van der Waals surface area (Å²) in [5.74, 6) is 0.235. The van der Waals surface area contributed by atoms with Crippen molar-refractivity contribution in [3.8, 4) is 0 Å². The van der Waals surface area contributed by atoms with Crippen LogP contribution in [0.2, 0.25) is 0 Å². The molecule has 0 N–H and O–H groups in total. The Labute approximate surface area is 125 Å². The number of ether oxygens (including phenoxy) is 2. The summed E-state index contributed by atoms with van der Waals surface area (Å²) < 4.78 is 11.3. The summed E-state index contributed by atoms with van der Waals surface area (Å²) >= 11 is 0. The van der Waals surface area contributed by atoms with Gasteiger partial charge in [-0.1, -0.05) is 42.8 Å². The van der Waals surface area contributed by atoms with Gasteiger partial charge in [0.05, 0.1) is 18.3 Å². The largest absolute Gasteiger partial charge is 0.457 e. The molecule has 3 rings (SSSR count). The van der Waals surface area contributed by atoms with Crippen LogP contribution in [0.4, 0.5) is 0 Å². The Morgan fingerprint density at radius 3 is 2.90 bits per heavy atom. The predicted octanol–water partition coefficient (Wildman–Crippen LogP) is 3.64. The van der Waals surface area contributed by atoms with Crippen LogP contribution in [0.15, 0.2) is 41.5 Å². The highest BCUT2D eigenvalue weighted by Crippen LogP contribution is 2.41. The van der Waals surface area contributed by atoms with Crippen molar-refractivity contribution in [2.75, 3.05) is 6.61 Å². The van der Waals surface area contributed by atoms with Gasteiger partial charge < -0.3 is 9.47 Å². The Morgan fingerprint density at radius 1 is 1.33 bits per heavy atom. The summed E-state index contributed by atoms with van der Waals surface area (Å²) in [7, 11) is 0. The summed E-state index contributed by atoms with van der Waals surface area (Å²) in [6.45, 7) is 2.90. The van der Waals surface area contributed by atoms with Gasteiger partial charge in [0.25, 0.3) is 0 Å². The van der Waals surface area contributed by atoms with Gasteiger partial charge >= 0.3 is 5.97 Å². The zero-order chi connectivity index (χ0) is 14.7. The van der Waals surface area contributed by atoms with Crippen LogP contribution in [0, 0.1) is 5.92 Å². The van der Waals surface area contributed by atoms with E-state index in [1.165, 1.54) is 5.57 Å². The van der Waals surface area contributed by atoms with Gasteiger partial charge in [-0.3, -0.25) is 0 Å². The number of carbonyl (C=O) groups excluding carboxylic acids is 1. The van der Waals surface area contributed by atoms with Gasteiger partial charge in [0.15, 0.2) is 0 Å². The molecule has 1 heterocycles. The van der Waals surface area contributed by atoms with Gasteiger partial charge in [0, 0.05) is 5.92 Å². The molecule has 0 spiro atoms. The van der Waals surface area contributed by atoms with Gasteiger partial charge in [-0.2, -0.15) is 0 Å². The molecule has 1 fully saturated rings. The first-order valence-electron chi connectivity index (χ1n) is 7.84. The Balaban J connectivity index is 1.69. The van der Waals surface area contributed by atoms with Crippen LogP contribution < -0.4 is 0 Å². The van der Waals surface area contributed by atoms with E-state index in [1.54, 1.807) is 0 Å². The zero-order valence-electron chi connectivity index (χ0n) is 12.5. The van der Waals surface area contributed by atoms with E-state index in [1.807, 2.05) is 30.3 Å². The molecule has 0 aromatic heterocycles. The van der Waals surface area contributed by atoms with Crippen molar-refractivity contribution < 1.29 is 14.3 Å². The van der Waals surface area contributed by atoms with E-state index in [2.05, 4.69) is 6.92 Å². The minimum absolute atomic E-state index is 0.199. The van der Waals surface area contributed by atoms with Crippen molar-refractivity contribution in [3.05, 3.63) is 47.0 Å². The molecule has 0 unspecified atom stereocenters. The first kappa shape index (κ1) is 14.3. The summed E-state index contributed by atoms with van der Waals surface area (Å²) in [6.07, 6.45) is 4.63. The van der Waals surface area contributed by atoms with Crippen molar-refractivity contribution in [2.24, 2.45) is 5.92 Å². The molecule has 3 heteroatoms. The first-order chi connectivity index (χ1) is 10.3. The Kier molecular flexibility index (Phi) is 4.39. The smallest absolute Gasteiger partial charge is 0.336 e. The SMILES string of the molecule is CC[C@H]1OCC(C(=O)OCc2ccccc2)=C2CCC[C@@H]21. The quantitative estimate of drug-likeness (QED) is 0.793. The molecule has 0 saturated heterocycles. The third-order valence-electron chi connectivity index (χ3n) is 4.55. The van der Waals surface area contributed by atoms with Crippen LogP contribution in [-0.4, -0.2) is 18.7 Å². The van der Waals surface area contributed by atoms with E-state index >= 15 is 0 Å². The number of hydrogen-bond donors (Lipinski definition) is 0. The molecule has 2 atom stereocenters. The Bertz CT molecular complexity index is 533. The minimum Gasteiger partial charge on any atom is -0.457 e. The van der Waals surface area contributed by atoms with Gasteiger partial charge in [0.2, 0.25) is 0 Å². The molecule has 1 aliphatic heterocycles. The lowest BCUT2D eigenvalue weighted by Crippen LogP contribution is -2.32. The predicted molar refractivity (Wildman–Crippen MR) is 80.6 cm³/mol. The zero-order valence-corrected chi connectivity index (χ0v) is 12.5. The Hall–Kier alpha value is -1.61. The maximum absolute atomic E-state index is 12.3. The molecule has 1 aliphatic carbocycles. The van der Waals surface area contributed by atoms with Crippen LogP contribution >= 0.6 is 0 Å². The van der Waals surface area contributed by atoms with E-state index in [4.69, 9.17) is 9.47 Å². The number of rotatable bonds is 4. The Morgan fingerprint density at radius 2 is 2.14 bits per heavy atom. The second-order valence-corrected chi connectivity index (χ2v) is 5.82. The van der Waals surface area contributed by atoms with Crippen molar-refractivity contribution in [1.29, 1.82) is 0 Å². The molecule has 0 amide bonds. The molecule has 21 heavy (non-hydrogen) atoms. The maximum atomic E-state index is 12.3. The van der Waals surface area contributed by atoms with E-state index in [9.17, 15) is 4.79 Å². The molecule has 0 bridgehead atoms. The van der Waals surface area contributed by atoms with Crippen LogP contribution in [-0.2, 0) is 20.9 Å². The van der Waals surface area contributed by atoms with E-state index < -0.39 is 0 Å². The van der Waals surface area contributed by atoms with Crippen LogP contribution in [0.5, 0.6) is 0 Å². The fourth-order valence-electron chi connectivity index (χ4n) is 3.46. The standard InChI is InChI=1S/C18H22O3/c1-2-17-15-10-6-9-14(15)16(12-20-17)18(19)21-11-13-7-4-3-5-8-13/h3-5,7-8,15,17H,2,6,9-12H2,1H3/t15-,17+/m0/s1. The molecule has 0 radical (unpaired) electrons. The molecular formula is C18H22O3. The van der Waals surface area contributed by atoms with Crippen molar-refractivity contribution in [3.63, 3.8) is 0 Å². The fraction of sp³-hybridized carbons (Fsp3) is 0.500. The van der Waals surface area contributed by atoms with Gasteiger partial charge in [-0.25, -0.2) is 4.79 Å². The van der Waals surface area contributed by atoms with Crippen LogP contribution in [0.3, 0.4) is 0 Å². The molecule has 1 saturated carbocycles. The topological polar surface area (TPSA) is 35.5 Å². The average Bonchev–Trinajstić information content (AvgIpc) is 3.02. The lowest BCUT2D eigenvalue weighted by molar-refractivity contribution is -0.142. The lowest BCUT2D eigenvalue weighted by atomic mass is 9.88. The van der Waals surface area contributed by atoms with Crippen molar-refractivity contribution in [2.45, 2.75) is 45.3 Å².